The molecule has 0 saturated heterocycles. The number of imidazole rings is 1. The maximum atomic E-state index is 11.6. The van der Waals surface area contributed by atoms with Gasteiger partial charge in [0.1, 0.15) is 6.26 Å². The fourth-order valence-corrected chi connectivity index (χ4v) is 4.85. The Labute approximate surface area is 164 Å². The van der Waals surface area contributed by atoms with E-state index in [2.05, 4.69) is 9.97 Å². The number of oxazole rings is 1. The van der Waals surface area contributed by atoms with Crippen molar-refractivity contribution in [2.45, 2.75) is 29.3 Å². The fraction of sp³-hybridized carbons (Fsp3) is 0.176. The molecule has 3 heterocycles. The molecule has 1 aromatic carbocycles. The summed E-state index contributed by atoms with van der Waals surface area (Å²) in [6, 6.07) is 8.67. The molecule has 10 heteroatoms. The first-order valence-electron chi connectivity index (χ1n) is 8.10. The molecule has 0 fully saturated rings. The fourth-order valence-electron chi connectivity index (χ4n) is 2.71. The average molecular weight is 421 g/mol. The summed E-state index contributed by atoms with van der Waals surface area (Å²) in [5, 5.41) is 7.99. The smallest absolute Gasteiger partial charge is 0.238 e. The molecule has 27 heavy (non-hydrogen) atoms. The van der Waals surface area contributed by atoms with Gasteiger partial charge in [-0.25, -0.2) is 23.5 Å². The third kappa shape index (κ3) is 3.65. The quantitative estimate of drug-likeness (QED) is 0.477. The van der Waals surface area contributed by atoms with Crippen molar-refractivity contribution in [1.29, 1.82) is 0 Å². The second kappa shape index (κ2) is 7.12. The van der Waals surface area contributed by atoms with Gasteiger partial charge in [0.05, 0.1) is 26.5 Å². The number of thiophene rings is 1. The van der Waals surface area contributed by atoms with Crippen LogP contribution in [0.2, 0.25) is 0 Å². The number of benzene rings is 1. The summed E-state index contributed by atoms with van der Waals surface area (Å²) in [5.41, 5.74) is 2.29. The van der Waals surface area contributed by atoms with E-state index in [4.69, 9.17) is 9.56 Å². The normalized spacial score (nSPS) is 12.1. The average Bonchev–Trinajstić information content (AvgIpc) is 3.36. The van der Waals surface area contributed by atoms with Gasteiger partial charge in [-0.05, 0) is 36.6 Å². The zero-order valence-corrected chi connectivity index (χ0v) is 16.8. The Balaban J connectivity index is 1.60. The van der Waals surface area contributed by atoms with Crippen molar-refractivity contribution in [2.75, 3.05) is 0 Å². The van der Waals surface area contributed by atoms with Gasteiger partial charge in [-0.2, -0.15) is 0 Å². The molecule has 4 rings (SSSR count). The lowest BCUT2D eigenvalue weighted by Crippen LogP contribution is -2.11. The Morgan fingerprint density at radius 2 is 2.15 bits per heavy atom. The zero-order valence-electron chi connectivity index (χ0n) is 14.3. The van der Waals surface area contributed by atoms with Crippen LogP contribution in [-0.2, 0) is 22.3 Å². The van der Waals surface area contributed by atoms with Gasteiger partial charge in [0.15, 0.2) is 5.16 Å². The SMILES string of the molecule is CCn1c(SCc2coc(-c3cccs3)n2)nc2cc(S(N)(=O)=O)ccc21. The Kier molecular flexibility index (Phi) is 4.81. The first-order chi connectivity index (χ1) is 13.0. The number of thioether (sulfide) groups is 1. The number of aromatic nitrogens is 3. The van der Waals surface area contributed by atoms with Crippen LogP contribution >= 0.6 is 23.1 Å². The van der Waals surface area contributed by atoms with Gasteiger partial charge in [0.25, 0.3) is 0 Å². The van der Waals surface area contributed by atoms with Gasteiger partial charge in [-0.3, -0.25) is 0 Å². The van der Waals surface area contributed by atoms with Crippen LogP contribution in [0.3, 0.4) is 0 Å². The van der Waals surface area contributed by atoms with Crippen molar-refractivity contribution < 1.29 is 12.8 Å². The molecule has 7 nitrogen and oxygen atoms in total. The summed E-state index contributed by atoms with van der Waals surface area (Å²) in [6.07, 6.45) is 1.65. The molecule has 0 spiro atoms. The van der Waals surface area contributed by atoms with Gasteiger partial charge < -0.3 is 8.98 Å². The first-order valence-corrected chi connectivity index (χ1v) is 11.5. The van der Waals surface area contributed by atoms with E-state index in [-0.39, 0.29) is 4.90 Å². The molecule has 0 unspecified atom stereocenters. The maximum Gasteiger partial charge on any atom is 0.238 e. The number of hydrogen-bond donors (Lipinski definition) is 1. The van der Waals surface area contributed by atoms with E-state index in [1.54, 1.807) is 23.7 Å². The van der Waals surface area contributed by atoms with E-state index < -0.39 is 10.0 Å². The summed E-state index contributed by atoms with van der Waals surface area (Å²) >= 11 is 3.10. The van der Waals surface area contributed by atoms with E-state index in [1.165, 1.54) is 23.9 Å². The topological polar surface area (TPSA) is 104 Å². The summed E-state index contributed by atoms with van der Waals surface area (Å²) in [6.45, 7) is 2.73. The van der Waals surface area contributed by atoms with Crippen LogP contribution in [0.4, 0.5) is 0 Å². The van der Waals surface area contributed by atoms with E-state index in [0.717, 1.165) is 21.2 Å². The monoisotopic (exact) mass is 420 g/mol. The van der Waals surface area contributed by atoms with Crippen LogP contribution in [0.15, 0.2) is 56.4 Å². The molecule has 4 aromatic rings. The molecular weight excluding hydrogens is 404 g/mol. The number of hydrogen-bond acceptors (Lipinski definition) is 7. The summed E-state index contributed by atoms with van der Waals surface area (Å²) in [7, 11) is -3.76. The molecule has 3 aromatic heterocycles. The molecule has 0 saturated carbocycles. The highest BCUT2D eigenvalue weighted by Crippen LogP contribution is 2.29. The third-order valence-electron chi connectivity index (χ3n) is 3.96. The summed E-state index contributed by atoms with van der Waals surface area (Å²) in [5.74, 6) is 1.21. The largest absolute Gasteiger partial charge is 0.444 e. The molecule has 0 bridgehead atoms. The lowest BCUT2D eigenvalue weighted by atomic mass is 10.3. The van der Waals surface area contributed by atoms with E-state index >= 15 is 0 Å². The number of rotatable bonds is 6. The molecule has 0 aliphatic rings. The lowest BCUT2D eigenvalue weighted by Gasteiger charge is -2.04. The van der Waals surface area contributed by atoms with E-state index in [0.29, 0.717) is 23.7 Å². The predicted octanol–water partition coefficient (Wildman–Crippen LogP) is 3.71. The van der Waals surface area contributed by atoms with Crippen molar-refractivity contribution in [2.24, 2.45) is 5.14 Å². The van der Waals surface area contributed by atoms with Gasteiger partial charge >= 0.3 is 0 Å². The van der Waals surface area contributed by atoms with Crippen molar-refractivity contribution in [3.8, 4) is 10.8 Å². The van der Waals surface area contributed by atoms with Gasteiger partial charge in [-0.15, -0.1) is 11.3 Å². The number of fused-ring (bicyclic) bond motifs is 1. The number of aryl methyl sites for hydroxylation is 1. The van der Waals surface area contributed by atoms with Gasteiger partial charge in [0, 0.05) is 12.3 Å². The van der Waals surface area contributed by atoms with Gasteiger partial charge in [-0.1, -0.05) is 17.8 Å². The summed E-state index contributed by atoms with van der Waals surface area (Å²) in [4.78, 5) is 10.1. The third-order valence-corrected chi connectivity index (χ3v) is 6.74. The Hall–Kier alpha value is -2.14. The number of nitrogens with zero attached hydrogens (tertiary/aromatic N) is 3. The van der Waals surface area contributed by atoms with Gasteiger partial charge in [0.2, 0.25) is 15.9 Å². The van der Waals surface area contributed by atoms with E-state index in [9.17, 15) is 8.42 Å². The minimum Gasteiger partial charge on any atom is -0.444 e. The highest BCUT2D eigenvalue weighted by atomic mass is 32.2. The standard InChI is InChI=1S/C17H16N4O3S3/c1-2-21-14-6-5-12(27(18,22)23)8-13(14)20-17(21)26-10-11-9-24-16(19-11)15-4-3-7-25-15/h3-9H,2,10H2,1H3,(H2,18,22,23). The molecule has 0 radical (unpaired) electrons. The van der Waals surface area contributed by atoms with Crippen LogP contribution in [-0.4, -0.2) is 23.0 Å². The van der Waals surface area contributed by atoms with E-state index in [1.807, 2.05) is 29.0 Å². The second-order valence-corrected chi connectivity index (χ2v) is 9.20. The van der Waals surface area contributed by atoms with Crippen LogP contribution in [0.1, 0.15) is 12.6 Å². The van der Waals surface area contributed by atoms with Crippen LogP contribution in [0.5, 0.6) is 0 Å². The molecule has 0 aliphatic carbocycles. The number of primary sulfonamides is 1. The predicted molar refractivity (Wildman–Crippen MR) is 106 cm³/mol. The first kappa shape index (κ1) is 18.2. The number of sulfonamides is 1. The zero-order chi connectivity index (χ0) is 19.0. The van der Waals surface area contributed by atoms with Crippen molar-refractivity contribution in [1.82, 2.24) is 14.5 Å². The second-order valence-electron chi connectivity index (χ2n) is 5.74. The van der Waals surface area contributed by atoms with Crippen molar-refractivity contribution in [3.63, 3.8) is 0 Å². The maximum absolute atomic E-state index is 11.6. The molecule has 0 amide bonds. The van der Waals surface area contributed by atoms with Crippen molar-refractivity contribution in [3.05, 3.63) is 47.7 Å². The Morgan fingerprint density at radius 1 is 1.30 bits per heavy atom. The molecular formula is C17H16N4O3S3. The summed E-state index contributed by atoms with van der Waals surface area (Å²) < 4.78 is 30.7. The molecule has 0 atom stereocenters. The Morgan fingerprint density at radius 3 is 2.85 bits per heavy atom. The highest BCUT2D eigenvalue weighted by molar-refractivity contribution is 7.98. The minimum absolute atomic E-state index is 0.0596. The van der Waals surface area contributed by atoms with Crippen LogP contribution < -0.4 is 5.14 Å². The molecule has 0 aliphatic heterocycles. The minimum atomic E-state index is -3.76. The van der Waals surface area contributed by atoms with Crippen LogP contribution in [0.25, 0.3) is 21.8 Å². The lowest BCUT2D eigenvalue weighted by molar-refractivity contribution is 0.575. The highest BCUT2D eigenvalue weighted by Gasteiger charge is 2.15. The Bertz CT molecular complexity index is 1190. The molecule has 140 valence electrons. The van der Waals surface area contributed by atoms with Crippen LogP contribution in [0, 0.1) is 0 Å². The van der Waals surface area contributed by atoms with Crippen molar-refractivity contribution >= 4 is 44.2 Å². The number of nitrogens with two attached hydrogens (primary N) is 1. The molecule has 2 N–H and O–H groups in total.